The second-order valence-electron chi connectivity index (χ2n) is 7.71. The summed E-state index contributed by atoms with van der Waals surface area (Å²) in [6, 6.07) is 14.5. The van der Waals surface area contributed by atoms with Gasteiger partial charge in [0, 0.05) is 26.2 Å². The van der Waals surface area contributed by atoms with E-state index in [-0.39, 0.29) is 11.9 Å². The van der Waals surface area contributed by atoms with E-state index >= 15 is 0 Å². The number of carbonyl (C=O) groups excluding carboxylic acids is 1. The second-order valence-corrected chi connectivity index (χ2v) is 8.79. The van der Waals surface area contributed by atoms with Crippen LogP contribution in [-0.4, -0.2) is 40.1 Å². The van der Waals surface area contributed by atoms with Gasteiger partial charge in [-0.2, -0.15) is 5.10 Å². The summed E-state index contributed by atoms with van der Waals surface area (Å²) >= 11 is 1.75. The third-order valence-corrected chi connectivity index (χ3v) is 6.61. The van der Waals surface area contributed by atoms with Crippen molar-refractivity contribution >= 4 is 43.9 Å². The third-order valence-electron chi connectivity index (χ3n) is 5.46. The summed E-state index contributed by atoms with van der Waals surface area (Å²) in [5.41, 5.74) is 2.86. The standard InChI is InChI=1S/C24H28N4OS/c1-4-10-28(11-5-2)16(3)24(29)26-19-12-18-15-25-27-23(18)20(14-19)22-13-17-8-6-7-9-21(17)30-22/h6-9,12-16H,4-5,10-11H2,1-3H3,(H,25,27)(H,26,29)/t16-/m0/s1. The molecule has 0 saturated carbocycles. The first-order valence-electron chi connectivity index (χ1n) is 10.6. The van der Waals surface area contributed by atoms with Crippen molar-refractivity contribution in [1.29, 1.82) is 0 Å². The molecule has 0 aliphatic heterocycles. The normalized spacial score (nSPS) is 12.7. The average molecular weight is 421 g/mol. The molecule has 30 heavy (non-hydrogen) atoms. The second kappa shape index (κ2) is 8.98. The number of fused-ring (bicyclic) bond motifs is 2. The van der Waals surface area contributed by atoms with E-state index in [1.165, 1.54) is 10.1 Å². The van der Waals surface area contributed by atoms with Gasteiger partial charge in [0.2, 0.25) is 5.91 Å². The van der Waals surface area contributed by atoms with Crippen molar-refractivity contribution in [2.75, 3.05) is 18.4 Å². The fraction of sp³-hybridized carbons (Fsp3) is 0.333. The number of amides is 1. The molecular formula is C24H28N4OS. The molecule has 0 fully saturated rings. The number of H-pyrrole nitrogens is 1. The van der Waals surface area contributed by atoms with Gasteiger partial charge in [0.25, 0.3) is 0 Å². The van der Waals surface area contributed by atoms with E-state index in [9.17, 15) is 4.79 Å². The van der Waals surface area contributed by atoms with Gasteiger partial charge in [0.05, 0.1) is 17.8 Å². The first-order chi connectivity index (χ1) is 14.6. The summed E-state index contributed by atoms with van der Waals surface area (Å²) in [5, 5.41) is 12.7. The van der Waals surface area contributed by atoms with E-state index in [2.05, 4.69) is 70.7 Å². The summed E-state index contributed by atoms with van der Waals surface area (Å²) in [6.45, 7) is 8.14. The Morgan fingerprint density at radius 1 is 1.13 bits per heavy atom. The number of aromatic nitrogens is 2. The number of thiophene rings is 1. The summed E-state index contributed by atoms with van der Waals surface area (Å²) in [6.07, 6.45) is 3.88. The van der Waals surface area contributed by atoms with Crippen LogP contribution in [0.3, 0.4) is 0 Å². The summed E-state index contributed by atoms with van der Waals surface area (Å²) in [4.78, 5) is 16.4. The Morgan fingerprint density at radius 2 is 1.90 bits per heavy atom. The van der Waals surface area contributed by atoms with Crippen LogP contribution in [0.4, 0.5) is 5.69 Å². The lowest BCUT2D eigenvalue weighted by Gasteiger charge is -2.27. The van der Waals surface area contributed by atoms with Crippen molar-refractivity contribution in [3.8, 4) is 10.4 Å². The Bertz CT molecular complexity index is 1120. The number of hydrogen-bond donors (Lipinski definition) is 2. The smallest absolute Gasteiger partial charge is 0.241 e. The van der Waals surface area contributed by atoms with E-state index in [0.717, 1.165) is 53.0 Å². The SMILES string of the molecule is CCCN(CCC)[C@@H](C)C(=O)Nc1cc(-c2cc3ccccc3s2)c2[nH]ncc2c1. The van der Waals surface area contributed by atoms with Gasteiger partial charge in [0.1, 0.15) is 0 Å². The van der Waals surface area contributed by atoms with Crippen LogP contribution in [0.5, 0.6) is 0 Å². The number of carbonyl (C=O) groups is 1. The van der Waals surface area contributed by atoms with Crippen LogP contribution >= 0.6 is 11.3 Å². The van der Waals surface area contributed by atoms with E-state index in [1.807, 2.05) is 19.2 Å². The number of benzene rings is 2. The zero-order chi connectivity index (χ0) is 21.1. The third kappa shape index (κ3) is 4.11. The molecule has 156 valence electrons. The number of rotatable bonds is 8. The van der Waals surface area contributed by atoms with Crippen LogP contribution in [0.1, 0.15) is 33.6 Å². The zero-order valence-corrected chi connectivity index (χ0v) is 18.6. The lowest BCUT2D eigenvalue weighted by Crippen LogP contribution is -2.42. The van der Waals surface area contributed by atoms with Crippen LogP contribution in [0, 0.1) is 0 Å². The molecule has 0 aliphatic rings. The summed E-state index contributed by atoms with van der Waals surface area (Å²) < 4.78 is 1.25. The fourth-order valence-electron chi connectivity index (χ4n) is 3.92. The van der Waals surface area contributed by atoms with Gasteiger partial charge in [-0.15, -0.1) is 11.3 Å². The molecule has 2 aromatic heterocycles. The van der Waals surface area contributed by atoms with Crippen LogP contribution in [0.2, 0.25) is 0 Å². The maximum Gasteiger partial charge on any atom is 0.241 e. The Hall–Kier alpha value is -2.70. The highest BCUT2D eigenvalue weighted by molar-refractivity contribution is 7.22. The maximum atomic E-state index is 13.0. The van der Waals surface area contributed by atoms with Gasteiger partial charge in [-0.3, -0.25) is 14.8 Å². The Kier molecular flexibility index (Phi) is 6.16. The fourth-order valence-corrected chi connectivity index (χ4v) is 5.01. The van der Waals surface area contributed by atoms with Crippen molar-refractivity contribution < 1.29 is 4.79 Å². The van der Waals surface area contributed by atoms with E-state index in [1.54, 1.807) is 11.3 Å². The first kappa shape index (κ1) is 20.6. The van der Waals surface area contributed by atoms with Crippen molar-refractivity contribution in [3.05, 3.63) is 48.7 Å². The Balaban J connectivity index is 1.66. The van der Waals surface area contributed by atoms with Crippen molar-refractivity contribution in [3.63, 3.8) is 0 Å². The van der Waals surface area contributed by atoms with Crippen molar-refractivity contribution in [2.45, 2.75) is 39.7 Å². The molecule has 6 heteroatoms. The number of aromatic amines is 1. The minimum Gasteiger partial charge on any atom is -0.325 e. The summed E-state index contributed by atoms with van der Waals surface area (Å²) in [5.74, 6) is 0.0297. The highest BCUT2D eigenvalue weighted by Crippen LogP contribution is 2.38. The van der Waals surface area contributed by atoms with Gasteiger partial charge >= 0.3 is 0 Å². The van der Waals surface area contributed by atoms with E-state index in [4.69, 9.17) is 0 Å². The molecule has 0 bridgehead atoms. The molecule has 1 amide bonds. The quantitative estimate of drug-likeness (QED) is 0.373. The topological polar surface area (TPSA) is 61.0 Å². The monoisotopic (exact) mass is 420 g/mol. The highest BCUT2D eigenvalue weighted by Gasteiger charge is 2.21. The number of nitrogens with zero attached hydrogens (tertiary/aromatic N) is 2. The molecule has 0 spiro atoms. The van der Waals surface area contributed by atoms with Gasteiger partial charge in [-0.25, -0.2) is 0 Å². The molecule has 1 atom stereocenters. The zero-order valence-electron chi connectivity index (χ0n) is 17.7. The maximum absolute atomic E-state index is 13.0. The predicted molar refractivity (Wildman–Crippen MR) is 127 cm³/mol. The lowest BCUT2D eigenvalue weighted by molar-refractivity contribution is -0.120. The molecule has 0 aliphatic carbocycles. The molecule has 0 saturated heterocycles. The van der Waals surface area contributed by atoms with E-state index < -0.39 is 0 Å². The summed E-state index contributed by atoms with van der Waals surface area (Å²) in [7, 11) is 0. The van der Waals surface area contributed by atoms with Crippen LogP contribution in [0.25, 0.3) is 31.4 Å². The molecule has 0 radical (unpaired) electrons. The van der Waals surface area contributed by atoms with Crippen LogP contribution < -0.4 is 5.32 Å². The average Bonchev–Trinajstić information content (AvgIpc) is 3.39. The molecule has 0 unspecified atom stereocenters. The van der Waals surface area contributed by atoms with Gasteiger partial charge in [-0.1, -0.05) is 32.0 Å². The van der Waals surface area contributed by atoms with Gasteiger partial charge < -0.3 is 5.32 Å². The van der Waals surface area contributed by atoms with Gasteiger partial charge in [0.15, 0.2) is 0 Å². The molecule has 2 N–H and O–H groups in total. The minimum absolute atomic E-state index is 0.0297. The number of anilines is 1. The Morgan fingerprint density at radius 3 is 2.63 bits per heavy atom. The van der Waals surface area contributed by atoms with Crippen LogP contribution in [-0.2, 0) is 4.79 Å². The van der Waals surface area contributed by atoms with E-state index in [0.29, 0.717) is 0 Å². The predicted octanol–water partition coefficient (Wildman–Crippen LogP) is 5.89. The minimum atomic E-state index is -0.169. The van der Waals surface area contributed by atoms with Crippen LogP contribution in [0.15, 0.2) is 48.7 Å². The molecular weight excluding hydrogens is 392 g/mol. The lowest BCUT2D eigenvalue weighted by atomic mass is 10.1. The van der Waals surface area contributed by atoms with Crippen molar-refractivity contribution in [1.82, 2.24) is 15.1 Å². The number of nitrogens with one attached hydrogen (secondary N) is 2. The molecule has 2 aromatic carbocycles. The molecule has 2 heterocycles. The molecule has 5 nitrogen and oxygen atoms in total. The first-order valence-corrected chi connectivity index (χ1v) is 11.4. The molecule has 4 rings (SSSR count). The van der Waals surface area contributed by atoms with Crippen molar-refractivity contribution in [2.24, 2.45) is 0 Å². The Labute approximate surface area is 181 Å². The highest BCUT2D eigenvalue weighted by atomic mass is 32.1. The number of hydrogen-bond acceptors (Lipinski definition) is 4. The largest absolute Gasteiger partial charge is 0.325 e. The molecule has 4 aromatic rings. The van der Waals surface area contributed by atoms with Gasteiger partial charge in [-0.05, 0) is 62.5 Å².